The van der Waals surface area contributed by atoms with Crippen molar-refractivity contribution in [3.8, 4) is 0 Å². The molecular formula is C15H22BrN5O. The van der Waals surface area contributed by atoms with Gasteiger partial charge in [0.15, 0.2) is 0 Å². The first-order valence-electron chi connectivity index (χ1n) is 7.28. The van der Waals surface area contributed by atoms with Crippen LogP contribution in [0.2, 0.25) is 0 Å². The van der Waals surface area contributed by atoms with Gasteiger partial charge in [0.1, 0.15) is 0 Å². The molecule has 2 aromatic heterocycles. The van der Waals surface area contributed by atoms with Gasteiger partial charge in [-0.05, 0) is 43.6 Å². The van der Waals surface area contributed by atoms with Crippen LogP contribution in [0, 0.1) is 20.8 Å². The predicted octanol–water partition coefficient (Wildman–Crippen LogP) is 2.57. The van der Waals surface area contributed by atoms with E-state index in [4.69, 9.17) is 0 Å². The summed E-state index contributed by atoms with van der Waals surface area (Å²) in [5.74, 6) is 0.0134. The zero-order valence-corrected chi connectivity index (χ0v) is 15.2. The molecule has 0 aliphatic rings. The minimum atomic E-state index is -0.0478. The van der Waals surface area contributed by atoms with Crippen LogP contribution in [0.1, 0.15) is 42.0 Å². The normalized spacial score (nSPS) is 12.5. The summed E-state index contributed by atoms with van der Waals surface area (Å²) in [6.45, 7) is 8.48. The van der Waals surface area contributed by atoms with E-state index < -0.39 is 0 Å². The highest BCUT2D eigenvalue weighted by atomic mass is 79.9. The van der Waals surface area contributed by atoms with Crippen molar-refractivity contribution in [2.75, 3.05) is 0 Å². The van der Waals surface area contributed by atoms with E-state index in [1.54, 1.807) is 6.20 Å². The molecule has 0 saturated heterocycles. The second kappa shape index (κ2) is 6.64. The molecule has 6 nitrogen and oxygen atoms in total. The van der Waals surface area contributed by atoms with E-state index >= 15 is 0 Å². The van der Waals surface area contributed by atoms with Gasteiger partial charge in [0.25, 0.3) is 0 Å². The average molecular weight is 368 g/mol. The SMILES string of the molecule is Cc1nn(CCC(=O)NC(C)c2cnn(C)c2C)c(C)c1Br. The molecular weight excluding hydrogens is 346 g/mol. The van der Waals surface area contributed by atoms with Gasteiger partial charge in [0.05, 0.1) is 29.0 Å². The number of carbonyl (C=O) groups excluding carboxylic acids is 1. The van der Waals surface area contributed by atoms with Crippen molar-refractivity contribution in [2.24, 2.45) is 7.05 Å². The van der Waals surface area contributed by atoms with Gasteiger partial charge in [0, 0.05) is 30.4 Å². The molecule has 1 unspecified atom stereocenters. The van der Waals surface area contributed by atoms with Crippen LogP contribution >= 0.6 is 15.9 Å². The summed E-state index contributed by atoms with van der Waals surface area (Å²) in [6, 6.07) is -0.0478. The number of nitrogens with one attached hydrogen (secondary N) is 1. The number of nitrogens with zero attached hydrogens (tertiary/aromatic N) is 4. The average Bonchev–Trinajstić information content (AvgIpc) is 2.92. The fourth-order valence-corrected chi connectivity index (χ4v) is 2.72. The van der Waals surface area contributed by atoms with Gasteiger partial charge in [-0.2, -0.15) is 10.2 Å². The maximum Gasteiger partial charge on any atom is 0.222 e. The van der Waals surface area contributed by atoms with Gasteiger partial charge in [0.2, 0.25) is 5.91 Å². The molecule has 0 aromatic carbocycles. The fourth-order valence-electron chi connectivity index (χ4n) is 2.43. The topological polar surface area (TPSA) is 64.7 Å². The highest BCUT2D eigenvalue weighted by molar-refractivity contribution is 9.10. The van der Waals surface area contributed by atoms with Crippen LogP contribution in [0.15, 0.2) is 10.7 Å². The van der Waals surface area contributed by atoms with Crippen LogP contribution < -0.4 is 5.32 Å². The van der Waals surface area contributed by atoms with E-state index in [0.29, 0.717) is 13.0 Å². The lowest BCUT2D eigenvalue weighted by Crippen LogP contribution is -2.28. The summed E-state index contributed by atoms with van der Waals surface area (Å²) in [6.07, 6.45) is 2.20. The third-order valence-electron chi connectivity index (χ3n) is 3.96. The first kappa shape index (κ1) is 16.7. The molecule has 0 aliphatic carbocycles. The second-order valence-corrected chi connectivity index (χ2v) is 6.35. The summed E-state index contributed by atoms with van der Waals surface area (Å²) in [7, 11) is 1.90. The Labute approximate surface area is 139 Å². The molecule has 2 rings (SSSR count). The van der Waals surface area contributed by atoms with Crippen LogP contribution in [0.5, 0.6) is 0 Å². The Morgan fingerprint density at radius 2 is 2.05 bits per heavy atom. The van der Waals surface area contributed by atoms with Gasteiger partial charge >= 0.3 is 0 Å². The maximum absolute atomic E-state index is 12.1. The van der Waals surface area contributed by atoms with Crippen molar-refractivity contribution in [2.45, 2.75) is 46.7 Å². The Morgan fingerprint density at radius 1 is 1.36 bits per heavy atom. The van der Waals surface area contributed by atoms with Crippen LogP contribution in [-0.4, -0.2) is 25.5 Å². The highest BCUT2D eigenvalue weighted by Crippen LogP contribution is 2.20. The van der Waals surface area contributed by atoms with E-state index in [1.807, 2.05) is 44.1 Å². The lowest BCUT2D eigenvalue weighted by atomic mass is 10.1. The first-order valence-corrected chi connectivity index (χ1v) is 8.08. The number of aromatic nitrogens is 4. The van der Waals surface area contributed by atoms with Crippen LogP contribution in [0.4, 0.5) is 0 Å². The monoisotopic (exact) mass is 367 g/mol. The third kappa shape index (κ3) is 3.40. The molecule has 120 valence electrons. The standard InChI is InChI=1S/C15H22BrN5O/c1-9(13-8-17-20(5)11(13)3)18-14(22)6-7-21-12(4)15(16)10(2)19-21/h8-9H,6-7H2,1-5H3,(H,18,22). The molecule has 0 saturated carbocycles. The molecule has 1 N–H and O–H groups in total. The Kier molecular flexibility index (Phi) is 5.05. The van der Waals surface area contributed by atoms with Crippen molar-refractivity contribution in [3.63, 3.8) is 0 Å². The summed E-state index contributed by atoms with van der Waals surface area (Å²) in [4.78, 5) is 12.1. The van der Waals surface area contributed by atoms with E-state index in [-0.39, 0.29) is 11.9 Å². The number of rotatable bonds is 5. The van der Waals surface area contributed by atoms with Crippen LogP contribution in [0.25, 0.3) is 0 Å². The summed E-state index contributed by atoms with van der Waals surface area (Å²) in [5, 5.41) is 11.6. The van der Waals surface area contributed by atoms with Crippen molar-refractivity contribution in [1.82, 2.24) is 24.9 Å². The minimum Gasteiger partial charge on any atom is -0.349 e. The summed E-state index contributed by atoms with van der Waals surface area (Å²) in [5.41, 5.74) is 4.10. The zero-order valence-electron chi connectivity index (χ0n) is 13.6. The molecule has 0 fully saturated rings. The molecule has 0 spiro atoms. The van der Waals surface area contributed by atoms with E-state index in [2.05, 4.69) is 31.4 Å². The third-order valence-corrected chi connectivity index (χ3v) is 5.11. The van der Waals surface area contributed by atoms with Crippen LogP contribution in [-0.2, 0) is 18.4 Å². The lowest BCUT2D eigenvalue weighted by Gasteiger charge is -2.14. The van der Waals surface area contributed by atoms with E-state index in [9.17, 15) is 4.79 Å². The molecule has 0 aliphatic heterocycles. The number of hydrogen-bond donors (Lipinski definition) is 1. The maximum atomic E-state index is 12.1. The Bertz CT molecular complexity index is 688. The second-order valence-electron chi connectivity index (χ2n) is 5.56. The first-order chi connectivity index (χ1) is 10.3. The smallest absolute Gasteiger partial charge is 0.222 e. The Hall–Kier alpha value is -1.63. The van der Waals surface area contributed by atoms with Gasteiger partial charge < -0.3 is 5.32 Å². The van der Waals surface area contributed by atoms with Crippen molar-refractivity contribution in [1.29, 1.82) is 0 Å². The molecule has 7 heteroatoms. The molecule has 0 bridgehead atoms. The Morgan fingerprint density at radius 3 is 2.55 bits per heavy atom. The lowest BCUT2D eigenvalue weighted by molar-refractivity contribution is -0.122. The van der Waals surface area contributed by atoms with E-state index in [1.165, 1.54) is 0 Å². The number of hydrogen-bond acceptors (Lipinski definition) is 3. The van der Waals surface area contributed by atoms with E-state index in [0.717, 1.165) is 27.1 Å². The van der Waals surface area contributed by atoms with Gasteiger partial charge in [-0.1, -0.05) is 0 Å². The summed E-state index contributed by atoms with van der Waals surface area (Å²) < 4.78 is 4.68. The number of aryl methyl sites for hydroxylation is 3. The van der Waals surface area contributed by atoms with Gasteiger partial charge in [-0.3, -0.25) is 14.2 Å². The van der Waals surface area contributed by atoms with Crippen molar-refractivity contribution in [3.05, 3.63) is 33.3 Å². The molecule has 0 radical (unpaired) electrons. The molecule has 2 heterocycles. The molecule has 22 heavy (non-hydrogen) atoms. The number of halogens is 1. The van der Waals surface area contributed by atoms with Crippen LogP contribution in [0.3, 0.4) is 0 Å². The van der Waals surface area contributed by atoms with Gasteiger partial charge in [-0.25, -0.2) is 0 Å². The minimum absolute atomic E-state index is 0.0134. The fraction of sp³-hybridized carbons (Fsp3) is 0.533. The molecule has 1 atom stereocenters. The number of amides is 1. The molecule has 2 aromatic rings. The van der Waals surface area contributed by atoms with Crippen molar-refractivity contribution >= 4 is 21.8 Å². The quantitative estimate of drug-likeness (QED) is 0.882. The zero-order chi connectivity index (χ0) is 16.4. The number of carbonyl (C=O) groups is 1. The van der Waals surface area contributed by atoms with Gasteiger partial charge in [-0.15, -0.1) is 0 Å². The predicted molar refractivity (Wildman–Crippen MR) is 88.5 cm³/mol. The van der Waals surface area contributed by atoms with Crippen molar-refractivity contribution < 1.29 is 4.79 Å². The Balaban J connectivity index is 1.93. The largest absolute Gasteiger partial charge is 0.349 e. The highest BCUT2D eigenvalue weighted by Gasteiger charge is 2.15. The summed E-state index contributed by atoms with van der Waals surface area (Å²) >= 11 is 3.49. The molecule has 1 amide bonds.